The number of pyridine rings is 2. The van der Waals surface area contributed by atoms with Gasteiger partial charge in [-0.2, -0.15) is 5.10 Å². The van der Waals surface area contributed by atoms with Crippen molar-refractivity contribution < 1.29 is 4.79 Å². The van der Waals surface area contributed by atoms with Crippen molar-refractivity contribution in [1.29, 1.82) is 0 Å². The number of piperazine rings is 1. The van der Waals surface area contributed by atoms with Gasteiger partial charge in [-0.1, -0.05) is 0 Å². The second kappa shape index (κ2) is 8.91. The quantitative estimate of drug-likeness (QED) is 0.574. The highest BCUT2D eigenvalue weighted by molar-refractivity contribution is 5.96. The molecule has 0 radical (unpaired) electrons. The van der Waals surface area contributed by atoms with Crippen LogP contribution in [0.4, 0.5) is 17.5 Å². The number of anilines is 3. The normalized spacial score (nSPS) is 13.9. The molecule has 4 heterocycles. The highest BCUT2D eigenvalue weighted by Crippen LogP contribution is 2.25. The van der Waals surface area contributed by atoms with Crippen molar-refractivity contribution in [3.05, 3.63) is 48.3 Å². The fourth-order valence-electron chi connectivity index (χ4n) is 3.38. The minimum atomic E-state index is -0.0987. The molecule has 9 nitrogen and oxygen atoms in total. The average molecular weight is 406 g/mol. The molecule has 1 amide bonds. The fraction of sp³-hybridized carbons (Fsp3) is 0.333. The topological polar surface area (TPSA) is 100 Å². The lowest BCUT2D eigenvalue weighted by atomic mass is 10.1. The summed E-state index contributed by atoms with van der Waals surface area (Å²) in [6.45, 7) is 6.00. The first-order valence-electron chi connectivity index (χ1n) is 10.1. The van der Waals surface area contributed by atoms with Gasteiger partial charge in [0.15, 0.2) is 5.82 Å². The van der Waals surface area contributed by atoms with Crippen LogP contribution in [0.25, 0.3) is 11.3 Å². The highest BCUT2D eigenvalue weighted by atomic mass is 16.1. The fourth-order valence-corrected chi connectivity index (χ4v) is 3.38. The predicted octanol–water partition coefficient (Wildman–Crippen LogP) is 1.78. The number of hydrogen-bond acceptors (Lipinski definition) is 7. The average Bonchev–Trinajstić information content (AvgIpc) is 3.19. The zero-order valence-corrected chi connectivity index (χ0v) is 17.2. The van der Waals surface area contributed by atoms with Gasteiger partial charge in [-0.15, -0.1) is 0 Å². The van der Waals surface area contributed by atoms with Gasteiger partial charge >= 0.3 is 0 Å². The molecule has 4 rings (SSSR count). The van der Waals surface area contributed by atoms with Crippen LogP contribution in [0.3, 0.4) is 0 Å². The maximum absolute atomic E-state index is 12.6. The van der Waals surface area contributed by atoms with E-state index in [1.54, 1.807) is 10.9 Å². The van der Waals surface area contributed by atoms with Gasteiger partial charge in [-0.05, 0) is 31.2 Å². The molecule has 3 aromatic heterocycles. The summed E-state index contributed by atoms with van der Waals surface area (Å²) in [4.78, 5) is 24.0. The van der Waals surface area contributed by atoms with E-state index in [-0.39, 0.29) is 5.91 Å². The molecule has 0 unspecified atom stereocenters. The van der Waals surface area contributed by atoms with Crippen LogP contribution in [0.15, 0.2) is 42.7 Å². The number of nitrogens with zero attached hydrogens (tertiary/aromatic N) is 5. The zero-order valence-electron chi connectivity index (χ0n) is 17.2. The van der Waals surface area contributed by atoms with Gasteiger partial charge in [0.25, 0.3) is 5.91 Å². The van der Waals surface area contributed by atoms with Gasteiger partial charge < -0.3 is 20.9 Å². The van der Waals surface area contributed by atoms with Gasteiger partial charge in [-0.3, -0.25) is 9.48 Å². The molecular weight excluding hydrogens is 380 g/mol. The molecule has 0 aromatic carbocycles. The Hall–Kier alpha value is -3.46. The molecule has 9 heteroatoms. The number of carbonyl (C=O) groups is 1. The molecule has 1 fully saturated rings. The van der Waals surface area contributed by atoms with Crippen LogP contribution in [-0.2, 0) is 7.05 Å². The summed E-state index contributed by atoms with van der Waals surface area (Å²) in [5.41, 5.74) is 2.22. The maximum atomic E-state index is 12.6. The summed E-state index contributed by atoms with van der Waals surface area (Å²) in [5, 5.41) is 13.8. The first kappa shape index (κ1) is 19.8. The Kier molecular flexibility index (Phi) is 5.89. The highest BCUT2D eigenvalue weighted by Gasteiger charge is 2.17. The van der Waals surface area contributed by atoms with E-state index >= 15 is 0 Å². The summed E-state index contributed by atoms with van der Waals surface area (Å²) >= 11 is 0. The van der Waals surface area contributed by atoms with Crippen LogP contribution >= 0.6 is 0 Å². The van der Waals surface area contributed by atoms with E-state index in [0.717, 1.165) is 43.3 Å². The Morgan fingerprint density at radius 3 is 2.73 bits per heavy atom. The molecule has 1 saturated heterocycles. The Morgan fingerprint density at radius 2 is 2.00 bits per heavy atom. The summed E-state index contributed by atoms with van der Waals surface area (Å²) in [5.74, 6) is 2.09. The second-order valence-corrected chi connectivity index (χ2v) is 7.13. The smallest absolute Gasteiger partial charge is 0.251 e. The minimum Gasteiger partial charge on any atom is -0.354 e. The molecule has 0 saturated carbocycles. The second-order valence-electron chi connectivity index (χ2n) is 7.13. The lowest BCUT2D eigenvalue weighted by Gasteiger charge is -2.29. The molecule has 1 aliphatic heterocycles. The standard InChI is InChI=1S/C21H26N8O/c1-3-23-21(30)16-12-17(25-20(14-16)29-10-7-22-8-11-29)15-4-6-24-19(13-15)26-18-5-9-28(2)27-18/h4-6,9,12-14,22H,3,7-8,10-11H2,1-2H3,(H,23,30)(H,24,26,27). The van der Waals surface area contributed by atoms with Crippen LogP contribution < -0.4 is 20.9 Å². The molecule has 0 bridgehead atoms. The first-order valence-corrected chi connectivity index (χ1v) is 10.1. The van der Waals surface area contributed by atoms with Crippen molar-refractivity contribution in [1.82, 2.24) is 30.4 Å². The van der Waals surface area contributed by atoms with Crippen molar-refractivity contribution >= 4 is 23.4 Å². The molecule has 0 spiro atoms. The van der Waals surface area contributed by atoms with Crippen molar-refractivity contribution in [2.24, 2.45) is 7.05 Å². The number of amides is 1. The molecule has 3 N–H and O–H groups in total. The first-order chi connectivity index (χ1) is 14.6. The van der Waals surface area contributed by atoms with Crippen LogP contribution in [0, 0.1) is 0 Å². The number of aryl methyl sites for hydroxylation is 1. The zero-order chi connectivity index (χ0) is 20.9. The molecule has 1 aliphatic rings. The van der Waals surface area contributed by atoms with Crippen molar-refractivity contribution in [3.63, 3.8) is 0 Å². The molecular formula is C21H26N8O. The molecule has 0 aliphatic carbocycles. The third-order valence-electron chi connectivity index (χ3n) is 4.88. The van der Waals surface area contributed by atoms with E-state index in [9.17, 15) is 4.79 Å². The van der Waals surface area contributed by atoms with E-state index in [1.807, 2.05) is 50.5 Å². The molecule has 0 atom stereocenters. The van der Waals surface area contributed by atoms with Crippen LogP contribution in [0.5, 0.6) is 0 Å². The van der Waals surface area contributed by atoms with Gasteiger partial charge in [-0.25, -0.2) is 9.97 Å². The summed E-state index contributed by atoms with van der Waals surface area (Å²) in [6, 6.07) is 9.39. The number of hydrogen-bond donors (Lipinski definition) is 3. The van der Waals surface area contributed by atoms with Crippen LogP contribution in [0.2, 0.25) is 0 Å². The number of rotatable bonds is 6. The van der Waals surface area contributed by atoms with E-state index in [0.29, 0.717) is 23.7 Å². The van der Waals surface area contributed by atoms with E-state index in [1.165, 1.54) is 0 Å². The molecule has 30 heavy (non-hydrogen) atoms. The predicted molar refractivity (Wildman–Crippen MR) is 117 cm³/mol. The summed E-state index contributed by atoms with van der Waals surface area (Å²) < 4.78 is 1.73. The van der Waals surface area contributed by atoms with Crippen LogP contribution in [0.1, 0.15) is 17.3 Å². The van der Waals surface area contributed by atoms with Gasteiger partial charge in [0.2, 0.25) is 0 Å². The van der Waals surface area contributed by atoms with E-state index in [4.69, 9.17) is 4.98 Å². The number of aromatic nitrogens is 4. The van der Waals surface area contributed by atoms with Gasteiger partial charge in [0.05, 0.1) is 5.69 Å². The van der Waals surface area contributed by atoms with Crippen LogP contribution in [-0.4, -0.2) is 58.4 Å². The lowest BCUT2D eigenvalue weighted by molar-refractivity contribution is 0.0956. The van der Waals surface area contributed by atoms with Gasteiger partial charge in [0, 0.05) is 69.4 Å². The Morgan fingerprint density at radius 1 is 1.17 bits per heavy atom. The molecule has 156 valence electrons. The number of nitrogens with one attached hydrogen (secondary N) is 3. The maximum Gasteiger partial charge on any atom is 0.251 e. The third-order valence-corrected chi connectivity index (χ3v) is 4.88. The molecule has 3 aromatic rings. The van der Waals surface area contributed by atoms with Crippen molar-refractivity contribution in [2.45, 2.75) is 6.92 Å². The SMILES string of the molecule is CCNC(=O)c1cc(-c2ccnc(Nc3ccn(C)n3)c2)nc(N2CCNCC2)c1. The van der Waals surface area contributed by atoms with Gasteiger partial charge in [0.1, 0.15) is 11.6 Å². The Bertz CT molecular complexity index is 1030. The summed E-state index contributed by atoms with van der Waals surface area (Å²) in [6.07, 6.45) is 3.59. The minimum absolute atomic E-state index is 0.0987. The summed E-state index contributed by atoms with van der Waals surface area (Å²) in [7, 11) is 1.86. The van der Waals surface area contributed by atoms with E-state index in [2.05, 4.69) is 30.9 Å². The van der Waals surface area contributed by atoms with Crippen molar-refractivity contribution in [3.8, 4) is 11.3 Å². The lowest BCUT2D eigenvalue weighted by Crippen LogP contribution is -2.44. The third kappa shape index (κ3) is 4.57. The largest absolute Gasteiger partial charge is 0.354 e. The Balaban J connectivity index is 1.68. The van der Waals surface area contributed by atoms with Crippen molar-refractivity contribution in [2.75, 3.05) is 42.9 Å². The monoisotopic (exact) mass is 406 g/mol. The number of carbonyl (C=O) groups excluding carboxylic acids is 1. The van der Waals surface area contributed by atoms with E-state index < -0.39 is 0 Å². The Labute approximate surface area is 175 Å².